The van der Waals surface area contributed by atoms with Crippen molar-refractivity contribution in [3.8, 4) is 11.1 Å². The molecule has 0 unspecified atom stereocenters. The lowest BCUT2D eigenvalue weighted by molar-refractivity contribution is 0.401. The molecule has 2 aliphatic rings. The summed E-state index contributed by atoms with van der Waals surface area (Å²) < 4.78 is 0. The Labute approximate surface area is 293 Å². The monoisotopic (exact) mass is 639 g/mol. The number of rotatable bonds is 19. The van der Waals surface area contributed by atoms with E-state index in [4.69, 9.17) is 0 Å². The van der Waals surface area contributed by atoms with Crippen LogP contribution in [0.15, 0.2) is 78.9 Å². The average molecular weight is 640 g/mol. The molecular weight excluding hydrogens is 579 g/mol. The van der Waals surface area contributed by atoms with Gasteiger partial charge in [0.05, 0.1) is 0 Å². The molecule has 0 atom stereocenters. The zero-order valence-electron chi connectivity index (χ0n) is 30.7. The second-order valence-electron chi connectivity index (χ2n) is 15.2. The Bertz CT molecular complexity index is 1610. The Hall–Kier alpha value is -3.32. The minimum atomic E-state index is 0.126. The van der Waals surface area contributed by atoms with Gasteiger partial charge in [-0.15, -0.1) is 0 Å². The van der Waals surface area contributed by atoms with Crippen LogP contribution in [0.3, 0.4) is 0 Å². The van der Waals surface area contributed by atoms with Crippen LogP contribution in [-0.4, -0.2) is 7.05 Å². The first-order valence-electron chi connectivity index (χ1n) is 19.7. The van der Waals surface area contributed by atoms with Crippen LogP contribution < -0.4 is 4.90 Å². The fraction of sp³-hybridized carbons (Fsp3) is 0.489. The summed E-state index contributed by atoms with van der Waals surface area (Å²) in [6.07, 6.45) is 23.3. The van der Waals surface area contributed by atoms with Gasteiger partial charge in [-0.25, -0.2) is 0 Å². The van der Waals surface area contributed by atoms with E-state index < -0.39 is 0 Å². The van der Waals surface area contributed by atoms with Crippen LogP contribution in [0.4, 0.5) is 11.4 Å². The van der Waals surface area contributed by atoms with Gasteiger partial charge in [0.1, 0.15) is 0 Å². The van der Waals surface area contributed by atoms with Crippen molar-refractivity contribution in [3.63, 3.8) is 0 Å². The summed E-state index contributed by atoms with van der Waals surface area (Å²) in [5, 5.41) is 0. The van der Waals surface area contributed by atoms with E-state index in [1.807, 2.05) is 0 Å². The number of hydrogen-bond acceptors (Lipinski definition) is 1. The number of nitrogens with zero attached hydrogens (tertiary/aromatic N) is 1. The molecule has 0 N–H and O–H groups in total. The Morgan fingerprint density at radius 2 is 1.08 bits per heavy atom. The van der Waals surface area contributed by atoms with Gasteiger partial charge in [-0.3, -0.25) is 0 Å². The van der Waals surface area contributed by atoms with E-state index in [1.54, 1.807) is 27.8 Å². The molecule has 6 rings (SSSR count). The molecule has 0 saturated carbocycles. The van der Waals surface area contributed by atoms with Crippen molar-refractivity contribution < 1.29 is 0 Å². The van der Waals surface area contributed by atoms with Crippen molar-refractivity contribution >= 4 is 11.4 Å². The second kappa shape index (κ2) is 16.4. The van der Waals surface area contributed by atoms with Gasteiger partial charge < -0.3 is 4.90 Å². The summed E-state index contributed by atoms with van der Waals surface area (Å²) in [4.78, 5) is 2.41. The van der Waals surface area contributed by atoms with Crippen molar-refractivity contribution in [1.29, 1.82) is 0 Å². The molecule has 0 radical (unpaired) electrons. The van der Waals surface area contributed by atoms with E-state index in [0.29, 0.717) is 0 Å². The van der Waals surface area contributed by atoms with Crippen molar-refractivity contribution in [1.82, 2.24) is 0 Å². The van der Waals surface area contributed by atoms with Gasteiger partial charge in [-0.2, -0.15) is 0 Å². The third-order valence-electron chi connectivity index (χ3n) is 11.7. The van der Waals surface area contributed by atoms with E-state index in [9.17, 15) is 0 Å². The van der Waals surface area contributed by atoms with Gasteiger partial charge in [0.15, 0.2) is 0 Å². The summed E-state index contributed by atoms with van der Waals surface area (Å²) in [7, 11) is 2.26. The minimum absolute atomic E-state index is 0.126. The van der Waals surface area contributed by atoms with Gasteiger partial charge in [0, 0.05) is 23.8 Å². The fourth-order valence-electron chi connectivity index (χ4n) is 8.63. The first-order chi connectivity index (χ1) is 23.5. The summed E-state index contributed by atoms with van der Waals surface area (Å²) in [6.45, 7) is 6.94. The van der Waals surface area contributed by atoms with E-state index in [0.717, 1.165) is 0 Å². The lowest BCUT2D eigenvalue weighted by atomic mass is 9.70. The molecule has 0 bridgehead atoms. The van der Waals surface area contributed by atoms with Gasteiger partial charge in [0.25, 0.3) is 0 Å². The van der Waals surface area contributed by atoms with Crippen molar-refractivity contribution in [3.05, 3.63) is 118 Å². The van der Waals surface area contributed by atoms with Gasteiger partial charge in [-0.1, -0.05) is 138 Å². The minimum Gasteiger partial charge on any atom is -0.345 e. The summed E-state index contributed by atoms with van der Waals surface area (Å²) in [5.74, 6) is 0. The maximum absolute atomic E-state index is 2.57. The van der Waals surface area contributed by atoms with Crippen LogP contribution >= 0.6 is 0 Å². The van der Waals surface area contributed by atoms with Gasteiger partial charge in [0.2, 0.25) is 0 Å². The molecular formula is C47H61N. The van der Waals surface area contributed by atoms with E-state index in [2.05, 4.69) is 112 Å². The highest BCUT2D eigenvalue weighted by molar-refractivity contribution is 5.84. The average Bonchev–Trinajstić information content (AvgIpc) is 3.35. The number of unbranched alkanes of at least 4 members (excludes halogenated alkanes) is 9. The molecule has 0 amide bonds. The molecule has 4 aromatic carbocycles. The zero-order valence-corrected chi connectivity index (χ0v) is 30.7. The van der Waals surface area contributed by atoms with E-state index in [-0.39, 0.29) is 5.41 Å². The molecule has 2 aliphatic carbocycles. The summed E-state index contributed by atoms with van der Waals surface area (Å²) in [5.41, 5.74) is 16.4. The Morgan fingerprint density at radius 1 is 0.521 bits per heavy atom. The highest BCUT2D eigenvalue weighted by atomic mass is 15.1. The van der Waals surface area contributed by atoms with Gasteiger partial charge >= 0.3 is 0 Å². The smallest absolute Gasteiger partial charge is 0.0411 e. The molecule has 0 heterocycles. The zero-order chi connectivity index (χ0) is 33.3. The molecule has 48 heavy (non-hydrogen) atoms. The molecule has 0 aliphatic heterocycles. The summed E-state index contributed by atoms with van der Waals surface area (Å²) in [6, 6.07) is 31.2. The van der Waals surface area contributed by atoms with E-state index in [1.165, 1.54) is 149 Å². The van der Waals surface area contributed by atoms with Crippen LogP contribution in [-0.2, 0) is 31.1 Å². The predicted molar refractivity (Wildman–Crippen MR) is 209 cm³/mol. The van der Waals surface area contributed by atoms with Gasteiger partial charge in [-0.05, 0) is 127 Å². The van der Waals surface area contributed by atoms with Crippen molar-refractivity contribution in [2.24, 2.45) is 0 Å². The Kier molecular flexibility index (Phi) is 11.8. The molecule has 0 aromatic heterocycles. The van der Waals surface area contributed by atoms with Crippen LogP contribution in [0.1, 0.15) is 143 Å². The molecule has 0 spiro atoms. The SMILES string of the molecule is CCCCCCC1(CCCCCC)c2cc(C)ccc2-c2ccc(N(C)c3ccc(CCCCCCc4ccc5c(c4)CC5)cc3)cc21. The number of hydrogen-bond donors (Lipinski definition) is 0. The fourth-order valence-corrected chi connectivity index (χ4v) is 8.63. The lowest BCUT2D eigenvalue weighted by Gasteiger charge is -2.34. The first-order valence-corrected chi connectivity index (χ1v) is 19.7. The molecule has 4 aromatic rings. The van der Waals surface area contributed by atoms with E-state index >= 15 is 0 Å². The van der Waals surface area contributed by atoms with Crippen LogP contribution in [0.2, 0.25) is 0 Å². The first kappa shape index (κ1) is 34.5. The van der Waals surface area contributed by atoms with Crippen LogP contribution in [0.5, 0.6) is 0 Å². The number of benzene rings is 4. The van der Waals surface area contributed by atoms with Crippen molar-refractivity contribution in [2.75, 3.05) is 11.9 Å². The highest BCUT2D eigenvalue weighted by Crippen LogP contribution is 2.55. The molecule has 254 valence electrons. The largest absolute Gasteiger partial charge is 0.345 e. The molecule has 1 heteroatoms. The second-order valence-corrected chi connectivity index (χ2v) is 15.2. The normalized spacial score (nSPS) is 13.9. The third-order valence-corrected chi connectivity index (χ3v) is 11.7. The van der Waals surface area contributed by atoms with Crippen LogP contribution in [0, 0.1) is 6.92 Å². The van der Waals surface area contributed by atoms with Crippen LogP contribution in [0.25, 0.3) is 11.1 Å². The van der Waals surface area contributed by atoms with Crippen molar-refractivity contribution in [2.45, 2.75) is 142 Å². The quantitative estimate of drug-likeness (QED) is 0.0923. The molecule has 0 saturated heterocycles. The molecule has 1 nitrogen and oxygen atoms in total. The Balaban J connectivity index is 1.12. The number of aryl methyl sites for hydroxylation is 5. The third kappa shape index (κ3) is 7.77. The topological polar surface area (TPSA) is 3.24 Å². The predicted octanol–water partition coefficient (Wildman–Crippen LogP) is 13.4. The maximum Gasteiger partial charge on any atom is 0.0411 e. The standard InChI is InChI=1S/C47H61N/c1-5-7-9-15-31-47(32-16-10-8-6-2)45-33-36(3)19-29-43(45)44-30-28-42(35-46(44)47)48(4)41-26-21-37(22-27-41)17-13-11-12-14-18-38-20-23-39-24-25-40(39)34-38/h19-23,26-30,33-35H,5-18,24-25,31-32H2,1-4H3. The summed E-state index contributed by atoms with van der Waals surface area (Å²) >= 11 is 0. The molecule has 0 fully saturated rings. The Morgan fingerprint density at radius 3 is 1.71 bits per heavy atom. The highest BCUT2D eigenvalue weighted by Gasteiger charge is 2.42. The lowest BCUT2D eigenvalue weighted by Crippen LogP contribution is -2.26. The number of fused-ring (bicyclic) bond motifs is 4. The number of anilines is 2. The maximum atomic E-state index is 2.57.